The maximum atomic E-state index is 11.9. The van der Waals surface area contributed by atoms with E-state index in [-0.39, 0.29) is 18.2 Å². The van der Waals surface area contributed by atoms with Crippen molar-refractivity contribution in [2.24, 2.45) is 0 Å². The maximum absolute atomic E-state index is 11.9. The van der Waals surface area contributed by atoms with Gasteiger partial charge in [0.25, 0.3) is 5.91 Å². The number of aromatic nitrogens is 3. The molecule has 5 rings (SSSR count). The zero-order valence-electron chi connectivity index (χ0n) is 15.8. The maximum Gasteiger partial charge on any atom is 0.254 e. The predicted octanol–water partition coefficient (Wildman–Crippen LogP) is 2.71. The highest BCUT2D eigenvalue weighted by Crippen LogP contribution is 2.30. The second-order valence-corrected chi connectivity index (χ2v) is 7.77. The number of nitrogens with one attached hydrogen (secondary N) is 3. The molecule has 1 aliphatic heterocycles. The molecule has 2 aromatic heterocycles. The molecule has 1 saturated carbocycles. The molecule has 0 atom stereocenters. The summed E-state index contributed by atoms with van der Waals surface area (Å²) in [5.41, 5.74) is 8.61. The molecule has 30 heavy (non-hydrogen) atoms. The minimum absolute atomic E-state index is 0.0469. The Labute approximate surface area is 176 Å². The summed E-state index contributed by atoms with van der Waals surface area (Å²) in [6.45, 7) is 0. The molecule has 10 heteroatoms. The Bertz CT molecular complexity index is 1230. The van der Waals surface area contributed by atoms with Gasteiger partial charge in [-0.3, -0.25) is 14.9 Å². The van der Waals surface area contributed by atoms with Crippen LogP contribution in [0.25, 0.3) is 11.7 Å². The van der Waals surface area contributed by atoms with E-state index in [1.807, 2.05) is 12.1 Å². The highest BCUT2D eigenvalue weighted by atomic mass is 35.5. The molecule has 0 unspecified atom stereocenters. The third-order valence-corrected chi connectivity index (χ3v) is 5.25. The summed E-state index contributed by atoms with van der Waals surface area (Å²) in [7, 11) is 0. The molecule has 3 aromatic rings. The van der Waals surface area contributed by atoms with E-state index in [4.69, 9.17) is 17.3 Å². The van der Waals surface area contributed by atoms with Crippen LogP contribution < -0.4 is 21.7 Å². The Kier molecular flexibility index (Phi) is 4.32. The molecule has 1 aromatic carbocycles. The van der Waals surface area contributed by atoms with Crippen LogP contribution in [0, 0.1) is 0 Å². The number of imide groups is 1. The van der Waals surface area contributed by atoms with Gasteiger partial charge in [-0.2, -0.15) is 9.61 Å². The molecule has 0 radical (unpaired) electrons. The van der Waals surface area contributed by atoms with Gasteiger partial charge in [0, 0.05) is 28.9 Å². The van der Waals surface area contributed by atoms with Crippen LogP contribution in [-0.2, 0) is 9.59 Å². The van der Waals surface area contributed by atoms with Crippen LogP contribution in [-0.4, -0.2) is 32.5 Å². The molecule has 9 nitrogen and oxygen atoms in total. The first-order valence-corrected chi connectivity index (χ1v) is 9.86. The van der Waals surface area contributed by atoms with E-state index in [1.54, 1.807) is 28.9 Å². The summed E-state index contributed by atoms with van der Waals surface area (Å²) in [5.74, 6) is 0.664. The Hall–Kier alpha value is -3.59. The number of amides is 2. The standard InChI is InChI=1S/C20H18ClN7O2/c21-14-7-13(3-4-15(14)22)24-16-8-17(25-12-1-2-12)28-19(26-16)11(9-23-28)5-10-6-18(29)27-20(10)30/h3-5,7-9,12,25H,1-2,6,22H2,(H,24,26)(H,27,29,30)/b10-5+. The average molecular weight is 424 g/mol. The number of rotatable bonds is 5. The van der Waals surface area contributed by atoms with Gasteiger partial charge in [0.05, 0.1) is 23.3 Å². The topological polar surface area (TPSA) is 126 Å². The van der Waals surface area contributed by atoms with Gasteiger partial charge in [-0.05, 0) is 37.1 Å². The molecule has 1 saturated heterocycles. The Morgan fingerprint density at radius 3 is 2.80 bits per heavy atom. The van der Waals surface area contributed by atoms with Gasteiger partial charge in [0.15, 0.2) is 5.65 Å². The summed E-state index contributed by atoms with van der Waals surface area (Å²) in [6.07, 6.45) is 5.53. The zero-order valence-corrected chi connectivity index (χ0v) is 16.5. The van der Waals surface area contributed by atoms with Crippen molar-refractivity contribution in [3.63, 3.8) is 0 Å². The smallest absolute Gasteiger partial charge is 0.254 e. The van der Waals surface area contributed by atoms with Gasteiger partial charge < -0.3 is 16.4 Å². The zero-order chi connectivity index (χ0) is 20.8. The largest absolute Gasteiger partial charge is 0.398 e. The van der Waals surface area contributed by atoms with Crippen LogP contribution in [0.5, 0.6) is 0 Å². The fourth-order valence-electron chi connectivity index (χ4n) is 3.25. The van der Waals surface area contributed by atoms with Crippen molar-refractivity contribution in [2.45, 2.75) is 25.3 Å². The number of nitrogens with two attached hydrogens (primary N) is 1. The molecular weight excluding hydrogens is 406 g/mol. The average Bonchev–Trinajstić information content (AvgIpc) is 3.34. The summed E-state index contributed by atoms with van der Waals surface area (Å²) >= 11 is 6.13. The highest BCUT2D eigenvalue weighted by Gasteiger charge is 2.25. The van der Waals surface area contributed by atoms with Gasteiger partial charge in [-0.15, -0.1) is 0 Å². The summed E-state index contributed by atoms with van der Waals surface area (Å²) < 4.78 is 1.69. The van der Waals surface area contributed by atoms with Crippen LogP contribution in [0.15, 0.2) is 36.0 Å². The second-order valence-electron chi connectivity index (χ2n) is 7.37. The molecule has 2 aliphatic rings. The van der Waals surface area contributed by atoms with Crippen LogP contribution >= 0.6 is 11.6 Å². The van der Waals surface area contributed by atoms with Crippen molar-refractivity contribution in [3.05, 3.63) is 46.6 Å². The number of hydrogen-bond donors (Lipinski definition) is 4. The normalized spacial score (nSPS) is 17.6. The fourth-order valence-corrected chi connectivity index (χ4v) is 3.43. The number of benzene rings is 1. The van der Waals surface area contributed by atoms with Gasteiger partial charge in [-0.1, -0.05) is 11.6 Å². The number of anilines is 4. The molecule has 0 spiro atoms. The van der Waals surface area contributed by atoms with E-state index in [0.717, 1.165) is 24.3 Å². The van der Waals surface area contributed by atoms with E-state index in [0.29, 0.717) is 39.4 Å². The molecule has 5 N–H and O–H groups in total. The Morgan fingerprint density at radius 1 is 1.27 bits per heavy atom. The van der Waals surface area contributed by atoms with Gasteiger partial charge >= 0.3 is 0 Å². The molecule has 2 fully saturated rings. The lowest BCUT2D eigenvalue weighted by Gasteiger charge is -2.12. The first-order valence-electron chi connectivity index (χ1n) is 9.48. The number of carbonyl (C=O) groups excluding carboxylic acids is 2. The first-order chi connectivity index (χ1) is 14.5. The lowest BCUT2D eigenvalue weighted by atomic mass is 10.1. The van der Waals surface area contributed by atoms with E-state index in [9.17, 15) is 9.59 Å². The van der Waals surface area contributed by atoms with Gasteiger partial charge in [-0.25, -0.2) is 4.98 Å². The van der Waals surface area contributed by atoms with Crippen molar-refractivity contribution < 1.29 is 9.59 Å². The quantitative estimate of drug-likeness (QED) is 0.282. The van der Waals surface area contributed by atoms with Gasteiger partial charge in [0.1, 0.15) is 11.6 Å². The SMILES string of the molecule is Nc1ccc(Nc2cc(NC3CC3)n3ncc(/C=C4\CC(=O)NC4=O)c3n2)cc1Cl. The third-order valence-electron chi connectivity index (χ3n) is 4.93. The molecule has 152 valence electrons. The number of fused-ring (bicyclic) bond motifs is 1. The number of hydrogen-bond acceptors (Lipinski definition) is 7. The van der Waals surface area contributed by atoms with Crippen LogP contribution in [0.2, 0.25) is 5.02 Å². The lowest BCUT2D eigenvalue weighted by molar-refractivity contribution is -0.124. The molecule has 0 bridgehead atoms. The predicted molar refractivity (Wildman–Crippen MR) is 115 cm³/mol. The minimum atomic E-state index is -0.388. The van der Waals surface area contributed by atoms with Crippen LogP contribution in [0.4, 0.5) is 23.0 Å². The van der Waals surface area contributed by atoms with Gasteiger partial charge in [0.2, 0.25) is 5.91 Å². The van der Waals surface area contributed by atoms with E-state index in [1.165, 1.54) is 0 Å². The number of halogens is 1. The first kappa shape index (κ1) is 18.4. The Balaban J connectivity index is 1.57. The second kappa shape index (κ2) is 7.03. The summed E-state index contributed by atoms with van der Waals surface area (Å²) in [5, 5.41) is 13.8. The molecule has 2 amide bonds. The van der Waals surface area contributed by atoms with E-state index in [2.05, 4.69) is 26.0 Å². The van der Waals surface area contributed by atoms with Crippen molar-refractivity contribution in [3.8, 4) is 0 Å². The number of carbonyl (C=O) groups is 2. The van der Waals surface area contributed by atoms with Crippen molar-refractivity contribution in [2.75, 3.05) is 16.4 Å². The van der Waals surface area contributed by atoms with E-state index >= 15 is 0 Å². The summed E-state index contributed by atoms with van der Waals surface area (Å²) in [6, 6.07) is 7.53. The molecule has 3 heterocycles. The van der Waals surface area contributed by atoms with Crippen molar-refractivity contribution in [1.82, 2.24) is 19.9 Å². The van der Waals surface area contributed by atoms with E-state index < -0.39 is 0 Å². The highest BCUT2D eigenvalue weighted by molar-refractivity contribution is 6.33. The van der Waals surface area contributed by atoms with Crippen LogP contribution in [0.3, 0.4) is 0 Å². The van der Waals surface area contributed by atoms with Crippen LogP contribution in [0.1, 0.15) is 24.8 Å². The summed E-state index contributed by atoms with van der Waals surface area (Å²) in [4.78, 5) is 28.1. The third kappa shape index (κ3) is 3.55. The Morgan fingerprint density at radius 2 is 2.10 bits per heavy atom. The molecule has 1 aliphatic carbocycles. The number of nitrogens with zero attached hydrogens (tertiary/aromatic N) is 3. The monoisotopic (exact) mass is 423 g/mol. The lowest BCUT2D eigenvalue weighted by Crippen LogP contribution is -2.19. The minimum Gasteiger partial charge on any atom is -0.398 e. The van der Waals surface area contributed by atoms with Crippen molar-refractivity contribution in [1.29, 1.82) is 0 Å². The number of nitrogen functional groups attached to an aromatic ring is 1. The fraction of sp³-hybridized carbons (Fsp3) is 0.200. The van der Waals surface area contributed by atoms with Crippen molar-refractivity contribution >= 4 is 58.1 Å². The molecular formula is C20H18ClN7O2.